The molecule has 3 rings (SSSR count). The molecule has 0 aromatic heterocycles. The summed E-state index contributed by atoms with van der Waals surface area (Å²) < 4.78 is 41.1. The molecule has 11 atom stereocenters. The molecule has 0 spiro atoms. The molecule has 2 bridgehead atoms. The van der Waals surface area contributed by atoms with E-state index in [1.54, 1.807) is 65.1 Å². The van der Waals surface area contributed by atoms with Crippen LogP contribution < -0.4 is 26.6 Å². The number of likely N-dealkylation sites (N-methyl/N-ethyl adjacent to an activating group) is 1. The number of hydrogen-bond donors (Lipinski definition) is 8. The van der Waals surface area contributed by atoms with Gasteiger partial charge in [0.1, 0.15) is 55.2 Å². The summed E-state index contributed by atoms with van der Waals surface area (Å²) in [5.41, 5.74) is 0.651. The van der Waals surface area contributed by atoms with Gasteiger partial charge >= 0.3 is 16.4 Å². The van der Waals surface area contributed by atoms with Crippen molar-refractivity contribution in [2.45, 2.75) is 141 Å². The molecule has 6 amide bonds. The second kappa shape index (κ2) is 24.4. The first-order valence-corrected chi connectivity index (χ1v) is 22.7. The number of fused-ring (bicyclic) bond motifs is 2. The van der Waals surface area contributed by atoms with Crippen LogP contribution in [0.15, 0.2) is 30.3 Å². The summed E-state index contributed by atoms with van der Waals surface area (Å²) >= 11 is 0. The van der Waals surface area contributed by atoms with Crippen LogP contribution in [0, 0.1) is 11.8 Å². The number of carbonyl (C=O) groups is 7. The maximum absolute atomic E-state index is 14.8. The summed E-state index contributed by atoms with van der Waals surface area (Å²) in [4.78, 5) is 102. The minimum absolute atomic E-state index is 0.00978. The van der Waals surface area contributed by atoms with Crippen LogP contribution in [0.1, 0.15) is 85.1 Å². The number of rotatable bonds is 16. The Labute approximate surface area is 368 Å². The summed E-state index contributed by atoms with van der Waals surface area (Å²) in [7, 11) is -1.97. The van der Waals surface area contributed by atoms with Crippen molar-refractivity contribution in [1.82, 2.24) is 36.4 Å². The van der Waals surface area contributed by atoms with Crippen molar-refractivity contribution in [2.24, 2.45) is 11.8 Å². The number of aliphatic hydroxyl groups excluding tert-OH is 2. The number of carbonyl (C=O) groups excluding carboxylic acids is 7. The summed E-state index contributed by atoms with van der Waals surface area (Å²) in [6.07, 6.45) is -3.80. The van der Waals surface area contributed by atoms with Gasteiger partial charge in [0, 0.05) is 13.5 Å². The Balaban J connectivity index is 2.23. The summed E-state index contributed by atoms with van der Waals surface area (Å²) in [6, 6.07) is 0.265. The molecule has 2 aliphatic heterocycles. The first-order valence-electron chi connectivity index (χ1n) is 21.3. The monoisotopic (exact) mass is 911 g/mol. The second-order valence-electron chi connectivity index (χ2n) is 16.2. The average molecular weight is 912 g/mol. The zero-order chi connectivity index (χ0) is 47.2. The summed E-state index contributed by atoms with van der Waals surface area (Å²) in [5, 5.41) is 34.9. The van der Waals surface area contributed by atoms with Gasteiger partial charge in [0.15, 0.2) is 6.10 Å². The molecule has 0 saturated carbocycles. The zero-order valence-electron chi connectivity index (χ0n) is 36.9. The number of unbranched alkanes of at least 4 members (excludes halogenated alkanes) is 1. The molecule has 1 aromatic carbocycles. The molecule has 8 N–H and O–H groups in total. The van der Waals surface area contributed by atoms with Gasteiger partial charge in [-0.3, -0.25) is 33.3 Å². The molecule has 354 valence electrons. The number of piperidine rings is 1. The van der Waals surface area contributed by atoms with Gasteiger partial charge in [-0.2, -0.15) is 8.42 Å². The Morgan fingerprint density at radius 2 is 1.59 bits per heavy atom. The largest absolute Gasteiger partial charge is 0.458 e. The zero-order valence-corrected chi connectivity index (χ0v) is 37.8. The van der Waals surface area contributed by atoms with Crippen LogP contribution in [0.3, 0.4) is 0 Å². The fraction of sp³-hybridized carbons (Fsp3) is 0.683. The van der Waals surface area contributed by atoms with Crippen molar-refractivity contribution in [2.75, 3.05) is 27.2 Å². The molecule has 0 aliphatic carbocycles. The fourth-order valence-corrected chi connectivity index (χ4v) is 7.69. The van der Waals surface area contributed by atoms with Crippen LogP contribution in [-0.2, 0) is 59.3 Å². The molecule has 11 unspecified atom stereocenters. The highest BCUT2D eigenvalue weighted by atomic mass is 32.3. The summed E-state index contributed by atoms with van der Waals surface area (Å²) in [6.45, 7) is 7.44. The predicted molar refractivity (Wildman–Crippen MR) is 226 cm³/mol. The van der Waals surface area contributed by atoms with Crippen LogP contribution in [0.5, 0.6) is 0 Å². The predicted octanol–water partition coefficient (Wildman–Crippen LogP) is -1.09. The number of ether oxygens (including phenoxy) is 1. The van der Waals surface area contributed by atoms with Gasteiger partial charge in [-0.1, -0.05) is 70.9 Å². The first-order chi connectivity index (χ1) is 29.6. The van der Waals surface area contributed by atoms with Crippen LogP contribution >= 0.6 is 0 Å². The lowest BCUT2D eigenvalue weighted by Crippen LogP contribution is -2.66. The lowest BCUT2D eigenvalue weighted by Gasteiger charge is -2.44. The number of benzene rings is 1. The molecule has 0 radical (unpaired) electrons. The smallest absolute Gasteiger partial charge is 0.397 e. The normalized spacial score (nSPS) is 27.4. The molecule has 2 saturated heterocycles. The van der Waals surface area contributed by atoms with Gasteiger partial charge in [0.25, 0.3) is 5.91 Å². The number of amides is 6. The van der Waals surface area contributed by atoms with Gasteiger partial charge < -0.3 is 51.3 Å². The second-order valence-corrected chi connectivity index (χ2v) is 17.3. The number of hydrogen-bond acceptors (Lipinski definition) is 14. The Kier molecular flexibility index (Phi) is 20.3. The minimum atomic E-state index is -5.09. The van der Waals surface area contributed by atoms with Gasteiger partial charge in [-0.25, -0.2) is 8.98 Å². The maximum atomic E-state index is 14.8. The molecule has 22 heteroatoms. The Bertz CT molecular complexity index is 1860. The molecule has 63 heavy (non-hydrogen) atoms. The molecule has 21 nitrogen and oxygen atoms in total. The third kappa shape index (κ3) is 14.9. The number of aliphatic hydroxyl groups is 2. The quantitative estimate of drug-likeness (QED) is 0.0556. The number of esters is 1. The molecular weight excluding hydrogens is 847 g/mol. The van der Waals surface area contributed by atoms with Crippen LogP contribution in [0.25, 0.3) is 0 Å². The molecule has 2 fully saturated rings. The Hall–Kier alpha value is -4.74. The highest BCUT2D eigenvalue weighted by molar-refractivity contribution is 7.80. The van der Waals surface area contributed by atoms with E-state index in [9.17, 15) is 52.2 Å². The van der Waals surface area contributed by atoms with Crippen LogP contribution in [0.2, 0.25) is 0 Å². The molecule has 1 aromatic rings. The van der Waals surface area contributed by atoms with E-state index < -0.39 is 125 Å². The van der Waals surface area contributed by atoms with Crippen LogP contribution in [0.4, 0.5) is 0 Å². The van der Waals surface area contributed by atoms with E-state index in [0.29, 0.717) is 37.8 Å². The van der Waals surface area contributed by atoms with Gasteiger partial charge in [-0.15, -0.1) is 0 Å². The van der Waals surface area contributed by atoms with E-state index in [2.05, 4.69) is 30.8 Å². The van der Waals surface area contributed by atoms with E-state index in [-0.39, 0.29) is 25.7 Å². The lowest BCUT2D eigenvalue weighted by atomic mass is 9.91. The van der Waals surface area contributed by atoms with Crippen molar-refractivity contribution >= 4 is 51.8 Å². The van der Waals surface area contributed by atoms with E-state index in [4.69, 9.17) is 9.29 Å². The number of cyclic esters (lactones) is 1. The van der Waals surface area contributed by atoms with Crippen molar-refractivity contribution in [3.05, 3.63) is 35.9 Å². The molecule has 2 heterocycles. The minimum Gasteiger partial charge on any atom is -0.458 e. The maximum Gasteiger partial charge on any atom is 0.397 e. The SMILES string of the molecule is CCC(C)C1NC(=O)C(Cc2ccccc2)N(C)C(=O)C(C(C)CC)N2C(=O)C(CCC2O)NC(=O)C(CCCCNC)NC(=O)C(NC(=O)C(O)COS(=O)(=O)O)C(C)OC1=O. The van der Waals surface area contributed by atoms with E-state index in [0.717, 1.165) is 4.90 Å². The number of nitrogens with one attached hydrogen (secondary N) is 5. The fourth-order valence-electron chi connectivity index (χ4n) is 7.39. The van der Waals surface area contributed by atoms with Crippen molar-refractivity contribution < 1.29 is 65.7 Å². The Morgan fingerprint density at radius 1 is 0.937 bits per heavy atom. The number of nitrogens with zero attached hydrogens (tertiary/aromatic N) is 2. The summed E-state index contributed by atoms with van der Waals surface area (Å²) in [5.74, 6) is -7.75. The van der Waals surface area contributed by atoms with Crippen molar-refractivity contribution in [3.8, 4) is 0 Å². The first kappa shape index (κ1) is 52.6. The standard InChI is InChI=1S/C41H65N7O14S/c1-8-23(3)32-41(57)62-25(5)33(46-37(53)30(49)22-61-63(58,59)60)38(54)43-27(17-13-14-20-42-6)35(51)44-28-18-19-31(50)48(39(28)55)34(24(4)9-2)40(56)47(7)29(36(52)45-32)21-26-15-11-10-12-16-26/h10-12,15-16,23-25,27-34,42,49-50H,8-9,13-14,17-22H2,1-7H3,(H,43,54)(H,44,51)(H,45,52)(H,46,53)(H,58,59,60). The van der Waals surface area contributed by atoms with Crippen LogP contribution in [-0.4, -0.2) is 156 Å². The molecular formula is C41H65N7O14S. The van der Waals surface area contributed by atoms with Gasteiger partial charge in [-0.05, 0) is 70.0 Å². The van der Waals surface area contributed by atoms with Crippen molar-refractivity contribution in [3.63, 3.8) is 0 Å². The van der Waals surface area contributed by atoms with E-state index >= 15 is 0 Å². The Morgan fingerprint density at radius 3 is 2.19 bits per heavy atom. The third-order valence-electron chi connectivity index (χ3n) is 11.6. The average Bonchev–Trinajstić information content (AvgIpc) is 3.24. The van der Waals surface area contributed by atoms with E-state index in [1.807, 2.05) is 0 Å². The molecule has 2 aliphatic rings. The highest BCUT2D eigenvalue weighted by Crippen LogP contribution is 2.28. The topological polar surface area (TPSA) is 299 Å². The lowest BCUT2D eigenvalue weighted by molar-refractivity contribution is -0.168. The van der Waals surface area contributed by atoms with E-state index in [1.165, 1.54) is 18.9 Å². The van der Waals surface area contributed by atoms with Gasteiger partial charge in [0.05, 0.1) is 0 Å². The third-order valence-corrected chi connectivity index (χ3v) is 12.1. The van der Waals surface area contributed by atoms with Crippen molar-refractivity contribution in [1.29, 1.82) is 0 Å². The highest BCUT2D eigenvalue weighted by Gasteiger charge is 2.47. The van der Waals surface area contributed by atoms with Gasteiger partial charge in [0.2, 0.25) is 29.5 Å².